The minimum atomic E-state index is -1.48. The van der Waals surface area contributed by atoms with Crippen LogP contribution in [-0.2, 0) is 10.3 Å². The van der Waals surface area contributed by atoms with Crippen molar-refractivity contribution in [2.24, 2.45) is 16.8 Å². The Bertz CT molecular complexity index is 785. The van der Waals surface area contributed by atoms with Gasteiger partial charge in [-0.3, -0.25) is 5.41 Å². The molecule has 25 heavy (non-hydrogen) atoms. The average molecular weight is 339 g/mol. The van der Waals surface area contributed by atoms with Crippen LogP contribution in [-0.4, -0.2) is 18.2 Å². The van der Waals surface area contributed by atoms with Crippen LogP contribution in [0.4, 0.5) is 0 Å². The highest BCUT2D eigenvalue weighted by molar-refractivity contribution is 5.49. The first-order chi connectivity index (χ1) is 12.1. The summed E-state index contributed by atoms with van der Waals surface area (Å²) >= 11 is 0. The zero-order valence-corrected chi connectivity index (χ0v) is 13.3. The lowest BCUT2D eigenvalue weighted by Crippen LogP contribution is -2.33. The van der Waals surface area contributed by atoms with Gasteiger partial charge in [-0.1, -0.05) is 23.3 Å². The molecule has 0 fully saturated rings. The first-order valence-electron chi connectivity index (χ1n) is 7.37. The second kappa shape index (κ2) is 8.45. The molecule has 2 rings (SSSR count). The molecule has 0 bridgehead atoms. The van der Waals surface area contributed by atoms with Crippen molar-refractivity contribution >= 4 is 6.40 Å². The molecule has 1 aliphatic carbocycles. The molecule has 1 aromatic carbocycles. The van der Waals surface area contributed by atoms with E-state index in [0.29, 0.717) is 23.5 Å². The van der Waals surface area contributed by atoms with Crippen molar-refractivity contribution in [1.29, 1.82) is 5.41 Å². The summed E-state index contributed by atoms with van der Waals surface area (Å²) in [5.41, 5.74) is 12.7. The van der Waals surface area contributed by atoms with E-state index in [9.17, 15) is 5.11 Å². The Kier molecular flexibility index (Phi) is 6.07. The minimum Gasteiger partial charge on any atom is -0.488 e. The predicted molar refractivity (Wildman–Crippen MR) is 92.1 cm³/mol. The summed E-state index contributed by atoms with van der Waals surface area (Å²) in [6.07, 6.45) is 6.54. The third kappa shape index (κ3) is 4.32. The Hall–Kier alpha value is -3.40. The summed E-state index contributed by atoms with van der Waals surface area (Å²) in [7, 11) is 0. The van der Waals surface area contributed by atoms with Crippen LogP contribution in [0.1, 0.15) is 12.0 Å². The average Bonchev–Trinajstić information content (AvgIpc) is 2.63. The summed E-state index contributed by atoms with van der Waals surface area (Å²) in [4.78, 5) is 2.61. The van der Waals surface area contributed by atoms with Gasteiger partial charge in [-0.2, -0.15) is 0 Å². The number of azide groups is 1. The normalized spacial score (nSPS) is 17.8. The van der Waals surface area contributed by atoms with Gasteiger partial charge in [0.2, 0.25) is 0 Å². The van der Waals surface area contributed by atoms with Crippen LogP contribution in [0.15, 0.2) is 53.4 Å². The van der Waals surface area contributed by atoms with Crippen molar-refractivity contribution in [2.45, 2.75) is 12.0 Å². The molecule has 0 heterocycles. The monoisotopic (exact) mass is 339 g/mol. The number of hydrogen-bond acceptors (Lipinski definition) is 6. The van der Waals surface area contributed by atoms with Crippen LogP contribution in [0.5, 0.6) is 5.75 Å². The van der Waals surface area contributed by atoms with E-state index in [-0.39, 0.29) is 12.6 Å². The molecule has 4 N–H and O–H groups in total. The summed E-state index contributed by atoms with van der Waals surface area (Å²) in [5, 5.41) is 21.3. The molecular formula is C17H17N5O3. The van der Waals surface area contributed by atoms with E-state index < -0.39 is 5.60 Å². The van der Waals surface area contributed by atoms with Crippen LogP contribution >= 0.6 is 0 Å². The minimum absolute atomic E-state index is 0.0985. The number of nitrogens with zero attached hydrogens (tertiary/aromatic N) is 3. The standard InChI is InChI=1S/C17H17N5O3/c18-10-9-17(23,13-1-5-15(6-2-13)24-11-19)14-3-7-16(8-4-14)25-12-21-22-20/h1-3,5-8,11,14,19,23H,4,12,18H2. The quantitative estimate of drug-likeness (QED) is 0.134. The molecule has 8 heteroatoms. The van der Waals surface area contributed by atoms with Crippen LogP contribution in [0.2, 0.25) is 0 Å². The number of nitrogens with two attached hydrogens (primary N) is 1. The Morgan fingerprint density at radius 1 is 1.48 bits per heavy atom. The molecule has 0 spiro atoms. The predicted octanol–water partition coefficient (Wildman–Crippen LogP) is 2.52. The zero-order valence-electron chi connectivity index (χ0n) is 13.3. The van der Waals surface area contributed by atoms with Gasteiger partial charge in [0.05, 0.1) is 0 Å². The van der Waals surface area contributed by atoms with E-state index in [0.717, 1.165) is 6.40 Å². The maximum absolute atomic E-state index is 11.1. The van der Waals surface area contributed by atoms with E-state index in [1.54, 1.807) is 42.5 Å². The topological polar surface area (TPSA) is 137 Å². The molecule has 1 aromatic rings. The van der Waals surface area contributed by atoms with E-state index in [1.165, 1.54) is 0 Å². The Labute approximate surface area is 144 Å². The maximum Gasteiger partial charge on any atom is 0.173 e. The number of rotatable bonds is 7. The van der Waals surface area contributed by atoms with Gasteiger partial charge in [0.1, 0.15) is 11.5 Å². The van der Waals surface area contributed by atoms with Gasteiger partial charge in [0.25, 0.3) is 0 Å². The number of allylic oxidation sites excluding steroid dienone is 2. The first kappa shape index (κ1) is 17.9. The number of hydrogen-bond donors (Lipinski definition) is 3. The van der Waals surface area contributed by atoms with Gasteiger partial charge in [-0.25, -0.2) is 0 Å². The van der Waals surface area contributed by atoms with Gasteiger partial charge in [0, 0.05) is 16.9 Å². The largest absolute Gasteiger partial charge is 0.488 e. The lowest BCUT2D eigenvalue weighted by atomic mass is 9.78. The van der Waals surface area contributed by atoms with Crippen LogP contribution < -0.4 is 10.5 Å². The lowest BCUT2D eigenvalue weighted by Gasteiger charge is -2.31. The molecule has 0 amide bonds. The van der Waals surface area contributed by atoms with E-state index in [4.69, 9.17) is 26.1 Å². The van der Waals surface area contributed by atoms with E-state index in [2.05, 4.69) is 22.0 Å². The molecule has 2 atom stereocenters. The lowest BCUT2D eigenvalue weighted by molar-refractivity contribution is 0.0542. The smallest absolute Gasteiger partial charge is 0.173 e. The van der Waals surface area contributed by atoms with E-state index in [1.807, 2.05) is 0 Å². The second-order valence-corrected chi connectivity index (χ2v) is 5.11. The number of nitrogens with one attached hydrogen (secondary N) is 1. The fourth-order valence-corrected chi connectivity index (χ4v) is 2.49. The van der Waals surface area contributed by atoms with Crippen molar-refractivity contribution < 1.29 is 14.6 Å². The highest BCUT2D eigenvalue weighted by Gasteiger charge is 2.36. The fourth-order valence-electron chi connectivity index (χ4n) is 2.49. The highest BCUT2D eigenvalue weighted by atomic mass is 16.5. The highest BCUT2D eigenvalue weighted by Crippen LogP contribution is 2.36. The Morgan fingerprint density at radius 3 is 2.80 bits per heavy atom. The SMILES string of the molecule is [N-]=[N+]=NCOC1=CCC(C(O)(C#CN)c2ccc(OC=N)cc2)C=C1. The molecule has 0 aromatic heterocycles. The Morgan fingerprint density at radius 2 is 2.24 bits per heavy atom. The third-order valence-electron chi connectivity index (χ3n) is 3.71. The van der Waals surface area contributed by atoms with Gasteiger partial charge in [-0.15, -0.1) is 0 Å². The summed E-state index contributed by atoms with van der Waals surface area (Å²) < 4.78 is 10.2. The van der Waals surface area contributed by atoms with Crippen LogP contribution in [0.25, 0.3) is 10.4 Å². The van der Waals surface area contributed by atoms with Crippen molar-refractivity contribution in [3.05, 3.63) is 64.3 Å². The molecule has 2 unspecified atom stereocenters. The van der Waals surface area contributed by atoms with Crippen molar-refractivity contribution in [3.8, 4) is 17.7 Å². The second-order valence-electron chi connectivity index (χ2n) is 5.11. The Balaban J connectivity index is 2.20. The summed E-state index contributed by atoms with van der Waals surface area (Å²) in [5.74, 6) is 3.37. The fraction of sp³-hybridized carbons (Fsp3) is 0.235. The molecule has 0 saturated heterocycles. The first-order valence-corrected chi connectivity index (χ1v) is 7.37. The molecule has 128 valence electrons. The molecule has 0 radical (unpaired) electrons. The van der Waals surface area contributed by atoms with Crippen LogP contribution in [0, 0.1) is 23.3 Å². The number of ether oxygens (including phenoxy) is 2. The van der Waals surface area contributed by atoms with Gasteiger partial charge in [0.15, 0.2) is 18.7 Å². The third-order valence-corrected chi connectivity index (χ3v) is 3.71. The van der Waals surface area contributed by atoms with Crippen molar-refractivity contribution in [3.63, 3.8) is 0 Å². The number of aliphatic hydroxyl groups is 1. The van der Waals surface area contributed by atoms with E-state index >= 15 is 0 Å². The van der Waals surface area contributed by atoms with Gasteiger partial charge >= 0.3 is 0 Å². The van der Waals surface area contributed by atoms with Crippen molar-refractivity contribution in [2.75, 3.05) is 6.73 Å². The van der Waals surface area contributed by atoms with Gasteiger partial charge in [-0.05, 0) is 47.7 Å². The molecule has 0 aliphatic heterocycles. The maximum atomic E-state index is 11.1. The van der Waals surface area contributed by atoms with Crippen molar-refractivity contribution in [1.82, 2.24) is 0 Å². The zero-order chi connectivity index (χ0) is 18.1. The number of benzene rings is 1. The summed E-state index contributed by atoms with van der Waals surface area (Å²) in [6, 6.07) is 8.92. The van der Waals surface area contributed by atoms with Crippen LogP contribution in [0.3, 0.4) is 0 Å². The molecule has 1 aliphatic rings. The molecule has 8 nitrogen and oxygen atoms in total. The summed E-state index contributed by atoms with van der Waals surface area (Å²) in [6.45, 7) is -0.0985. The molecular weight excluding hydrogens is 322 g/mol. The molecule has 0 saturated carbocycles. The van der Waals surface area contributed by atoms with Gasteiger partial charge < -0.3 is 20.3 Å².